The second-order valence-electron chi connectivity index (χ2n) is 3.22. The van der Waals surface area contributed by atoms with Gasteiger partial charge in [0.05, 0.1) is 5.75 Å². The van der Waals surface area contributed by atoms with Crippen LogP contribution in [0.4, 0.5) is 0 Å². The molecule has 5 heteroatoms. The third kappa shape index (κ3) is 1.82. The van der Waals surface area contributed by atoms with Gasteiger partial charge in [-0.3, -0.25) is 0 Å². The molecule has 0 radical (unpaired) electrons. The Hall–Kier alpha value is -1.23. The fourth-order valence-electron chi connectivity index (χ4n) is 1.39. The van der Waals surface area contributed by atoms with Crippen molar-refractivity contribution >= 4 is 9.84 Å². The molecule has 0 unspecified atom stereocenters. The fourth-order valence-corrected chi connectivity index (χ4v) is 2.18. The Morgan fingerprint density at radius 1 is 1.36 bits per heavy atom. The quantitative estimate of drug-likeness (QED) is 0.735. The van der Waals surface area contributed by atoms with Gasteiger partial charge in [0.1, 0.15) is 0 Å². The molecule has 0 amide bonds. The average Bonchev–Trinajstić information content (AvgIpc) is 2.49. The van der Waals surface area contributed by atoms with Crippen LogP contribution in [0.3, 0.4) is 0 Å². The number of hydrogen-bond donors (Lipinski definition) is 0. The summed E-state index contributed by atoms with van der Waals surface area (Å²) in [4.78, 5) is 0. The summed E-state index contributed by atoms with van der Waals surface area (Å²) in [5, 5.41) is 0. The highest BCUT2D eigenvalue weighted by molar-refractivity contribution is 7.89. The van der Waals surface area contributed by atoms with Gasteiger partial charge in [0, 0.05) is 11.8 Å². The van der Waals surface area contributed by atoms with Crippen LogP contribution in [0.1, 0.15) is 5.56 Å². The van der Waals surface area contributed by atoms with Crippen molar-refractivity contribution in [3.63, 3.8) is 0 Å². The first kappa shape index (κ1) is 9.33. The minimum Gasteiger partial charge on any atom is -0.454 e. The molecule has 0 atom stereocenters. The molecular weight excluding hydrogens is 204 g/mol. The summed E-state index contributed by atoms with van der Waals surface area (Å²) in [6.07, 6.45) is 1.20. The molecule has 1 aliphatic rings. The maximum atomic E-state index is 11.1. The van der Waals surface area contributed by atoms with Gasteiger partial charge in [-0.05, 0) is 6.07 Å². The number of fused-ring (bicyclic) bond motifs is 1. The molecule has 0 saturated heterocycles. The number of hydrogen-bond acceptors (Lipinski definition) is 4. The lowest BCUT2D eigenvalue weighted by molar-refractivity contribution is 0.173. The summed E-state index contributed by atoms with van der Waals surface area (Å²) in [6.45, 7) is 0.163. The van der Waals surface area contributed by atoms with Crippen molar-refractivity contribution in [1.82, 2.24) is 0 Å². The third-order valence-corrected chi connectivity index (χ3v) is 2.73. The maximum absolute atomic E-state index is 11.1. The zero-order chi connectivity index (χ0) is 10.2. The van der Waals surface area contributed by atoms with Gasteiger partial charge in [0.25, 0.3) is 0 Å². The monoisotopic (exact) mass is 214 g/mol. The smallest absolute Gasteiger partial charge is 0.231 e. The second kappa shape index (κ2) is 3.16. The van der Waals surface area contributed by atoms with E-state index in [0.29, 0.717) is 17.1 Å². The lowest BCUT2D eigenvalue weighted by atomic mass is 10.2. The van der Waals surface area contributed by atoms with Crippen molar-refractivity contribution < 1.29 is 17.9 Å². The molecule has 0 spiro atoms. The van der Waals surface area contributed by atoms with Crippen molar-refractivity contribution in [1.29, 1.82) is 0 Å². The Labute approximate surface area is 82.4 Å². The van der Waals surface area contributed by atoms with Crippen molar-refractivity contribution in [3.8, 4) is 11.5 Å². The van der Waals surface area contributed by atoms with Crippen LogP contribution in [-0.4, -0.2) is 21.5 Å². The van der Waals surface area contributed by atoms with Crippen LogP contribution in [0.5, 0.6) is 11.5 Å². The van der Waals surface area contributed by atoms with Crippen LogP contribution in [0.25, 0.3) is 0 Å². The number of benzene rings is 1. The Balaban J connectivity index is 2.40. The van der Waals surface area contributed by atoms with Crippen molar-refractivity contribution in [3.05, 3.63) is 23.8 Å². The summed E-state index contributed by atoms with van der Waals surface area (Å²) in [6, 6.07) is 5.25. The summed E-state index contributed by atoms with van der Waals surface area (Å²) in [7, 11) is -3.03. The van der Waals surface area contributed by atoms with Crippen molar-refractivity contribution in [2.45, 2.75) is 5.75 Å². The van der Waals surface area contributed by atoms with E-state index in [1.807, 2.05) is 0 Å². The van der Waals surface area contributed by atoms with E-state index in [9.17, 15) is 8.42 Å². The van der Waals surface area contributed by atoms with E-state index in [0.717, 1.165) is 0 Å². The molecule has 1 aromatic rings. The van der Waals surface area contributed by atoms with Gasteiger partial charge >= 0.3 is 0 Å². The molecule has 14 heavy (non-hydrogen) atoms. The van der Waals surface area contributed by atoms with Gasteiger partial charge in [0.15, 0.2) is 21.3 Å². The highest BCUT2D eigenvalue weighted by Crippen LogP contribution is 2.35. The Kier molecular flexibility index (Phi) is 2.11. The largest absolute Gasteiger partial charge is 0.454 e. The predicted molar refractivity (Wildman–Crippen MR) is 51.1 cm³/mol. The normalized spacial score (nSPS) is 14.4. The summed E-state index contributed by atoms with van der Waals surface area (Å²) in [5.74, 6) is 1.16. The number of ether oxygens (including phenoxy) is 2. The van der Waals surface area contributed by atoms with Gasteiger partial charge in [-0.25, -0.2) is 8.42 Å². The van der Waals surface area contributed by atoms with E-state index >= 15 is 0 Å². The molecule has 1 aromatic carbocycles. The maximum Gasteiger partial charge on any atom is 0.231 e. The zero-order valence-corrected chi connectivity index (χ0v) is 8.50. The van der Waals surface area contributed by atoms with E-state index in [1.54, 1.807) is 18.2 Å². The van der Waals surface area contributed by atoms with Crippen LogP contribution >= 0.6 is 0 Å². The summed E-state index contributed by atoms with van der Waals surface area (Å²) < 4.78 is 32.5. The Morgan fingerprint density at radius 3 is 2.86 bits per heavy atom. The number of sulfone groups is 1. The molecule has 4 nitrogen and oxygen atoms in total. The van der Waals surface area contributed by atoms with Gasteiger partial charge in [-0.1, -0.05) is 12.1 Å². The minimum atomic E-state index is -3.03. The van der Waals surface area contributed by atoms with Crippen LogP contribution in [0, 0.1) is 0 Å². The first-order valence-electron chi connectivity index (χ1n) is 4.11. The molecule has 2 rings (SSSR count). The van der Waals surface area contributed by atoms with Gasteiger partial charge in [-0.2, -0.15) is 0 Å². The lowest BCUT2D eigenvalue weighted by Gasteiger charge is -2.03. The third-order valence-electron chi connectivity index (χ3n) is 1.90. The highest BCUT2D eigenvalue weighted by Gasteiger charge is 2.19. The van der Waals surface area contributed by atoms with Gasteiger partial charge < -0.3 is 9.47 Å². The first-order chi connectivity index (χ1) is 6.56. The predicted octanol–water partition coefficient (Wildman–Crippen LogP) is 0.960. The molecule has 76 valence electrons. The summed E-state index contributed by atoms with van der Waals surface area (Å²) >= 11 is 0. The van der Waals surface area contributed by atoms with Crippen molar-refractivity contribution in [2.24, 2.45) is 0 Å². The molecule has 0 fully saturated rings. The van der Waals surface area contributed by atoms with E-state index in [2.05, 4.69) is 0 Å². The number of para-hydroxylation sites is 1. The van der Waals surface area contributed by atoms with Crippen LogP contribution in [0.15, 0.2) is 18.2 Å². The lowest BCUT2D eigenvalue weighted by Crippen LogP contribution is -2.02. The average molecular weight is 214 g/mol. The molecule has 1 heterocycles. The van der Waals surface area contributed by atoms with Crippen LogP contribution in [-0.2, 0) is 15.6 Å². The number of rotatable bonds is 2. The van der Waals surface area contributed by atoms with Crippen LogP contribution < -0.4 is 9.47 Å². The molecule has 1 aliphatic heterocycles. The summed E-state index contributed by atoms with van der Waals surface area (Å²) in [5.41, 5.74) is 0.655. The molecule has 0 aromatic heterocycles. The molecule has 0 saturated carbocycles. The standard InChI is InChI=1S/C9H10O4S/c1-14(10,11)5-7-3-2-4-8-9(7)13-6-12-8/h2-4H,5-6H2,1H3. The van der Waals surface area contributed by atoms with Gasteiger partial charge in [-0.15, -0.1) is 0 Å². The topological polar surface area (TPSA) is 52.6 Å². The van der Waals surface area contributed by atoms with Crippen molar-refractivity contribution in [2.75, 3.05) is 13.0 Å². The molecular formula is C9H10O4S. The SMILES string of the molecule is CS(=O)(=O)Cc1cccc2c1OCO2. The second-order valence-corrected chi connectivity index (χ2v) is 5.36. The molecule has 0 N–H and O–H groups in total. The fraction of sp³-hybridized carbons (Fsp3) is 0.333. The van der Waals surface area contributed by atoms with E-state index < -0.39 is 9.84 Å². The Bertz CT molecular complexity index is 450. The van der Waals surface area contributed by atoms with E-state index in [1.165, 1.54) is 6.26 Å². The first-order valence-corrected chi connectivity index (χ1v) is 6.17. The molecule has 0 aliphatic carbocycles. The van der Waals surface area contributed by atoms with Crippen LogP contribution in [0.2, 0.25) is 0 Å². The zero-order valence-electron chi connectivity index (χ0n) is 7.69. The minimum absolute atomic E-state index is 0.0144. The molecule has 0 bridgehead atoms. The highest BCUT2D eigenvalue weighted by atomic mass is 32.2. The van der Waals surface area contributed by atoms with Gasteiger partial charge in [0.2, 0.25) is 6.79 Å². The Morgan fingerprint density at radius 2 is 2.14 bits per heavy atom. The van der Waals surface area contributed by atoms with E-state index in [-0.39, 0.29) is 12.5 Å². The van der Waals surface area contributed by atoms with E-state index in [4.69, 9.17) is 9.47 Å².